The fraction of sp³-hybridized carbons (Fsp3) is 0.267. The molecule has 0 saturated heterocycles. The third-order valence-corrected chi connectivity index (χ3v) is 3.35. The van der Waals surface area contributed by atoms with Gasteiger partial charge in [0.1, 0.15) is 0 Å². The molecular formula is C15H17N5O. The van der Waals surface area contributed by atoms with Crippen molar-refractivity contribution in [2.24, 2.45) is 7.05 Å². The van der Waals surface area contributed by atoms with Gasteiger partial charge in [-0.15, -0.1) is 0 Å². The zero-order valence-electron chi connectivity index (χ0n) is 11.9. The molecular weight excluding hydrogens is 266 g/mol. The highest BCUT2D eigenvalue weighted by Gasteiger charge is 2.07. The van der Waals surface area contributed by atoms with Crippen LogP contribution in [0.4, 0.5) is 0 Å². The van der Waals surface area contributed by atoms with Crippen molar-refractivity contribution in [1.82, 2.24) is 24.9 Å². The van der Waals surface area contributed by atoms with Gasteiger partial charge >= 0.3 is 0 Å². The molecule has 21 heavy (non-hydrogen) atoms. The maximum Gasteiger partial charge on any atom is 0.254 e. The number of para-hydroxylation sites is 1. The van der Waals surface area contributed by atoms with Crippen molar-refractivity contribution in [3.63, 3.8) is 0 Å². The number of fused-ring (bicyclic) bond motifs is 1. The first-order chi connectivity index (χ1) is 10.2. The van der Waals surface area contributed by atoms with E-state index in [-0.39, 0.29) is 5.91 Å². The molecule has 0 atom stereocenters. The SMILES string of the molecule is Cn1cc(C(=O)NCCCn2ncc3ccccc32)cn1. The third kappa shape index (κ3) is 2.94. The molecule has 0 spiro atoms. The van der Waals surface area contributed by atoms with Gasteiger partial charge in [0, 0.05) is 31.7 Å². The Morgan fingerprint density at radius 2 is 2.10 bits per heavy atom. The van der Waals surface area contributed by atoms with Gasteiger partial charge in [0.15, 0.2) is 0 Å². The average molecular weight is 283 g/mol. The smallest absolute Gasteiger partial charge is 0.254 e. The normalized spacial score (nSPS) is 10.9. The predicted molar refractivity (Wildman–Crippen MR) is 79.9 cm³/mol. The summed E-state index contributed by atoms with van der Waals surface area (Å²) in [6.07, 6.45) is 5.97. The molecule has 0 bridgehead atoms. The minimum atomic E-state index is -0.0894. The van der Waals surface area contributed by atoms with E-state index in [1.807, 2.05) is 29.1 Å². The maximum atomic E-state index is 11.8. The van der Waals surface area contributed by atoms with Crippen LogP contribution in [-0.4, -0.2) is 32.0 Å². The standard InChI is InChI=1S/C15H17N5O/c1-19-11-13(10-17-19)15(21)16-7-4-8-20-14-6-3-2-5-12(14)9-18-20/h2-3,5-6,9-11H,4,7-8H2,1H3,(H,16,21). The largest absolute Gasteiger partial charge is 0.352 e. The Bertz CT molecular complexity index is 758. The molecule has 3 rings (SSSR count). The van der Waals surface area contributed by atoms with E-state index in [0.29, 0.717) is 12.1 Å². The minimum absolute atomic E-state index is 0.0894. The molecule has 108 valence electrons. The Kier molecular flexibility index (Phi) is 3.68. The number of aromatic nitrogens is 4. The van der Waals surface area contributed by atoms with Crippen LogP contribution in [0.3, 0.4) is 0 Å². The van der Waals surface area contributed by atoms with Gasteiger partial charge < -0.3 is 5.32 Å². The first kappa shape index (κ1) is 13.4. The molecule has 6 nitrogen and oxygen atoms in total. The van der Waals surface area contributed by atoms with Gasteiger partial charge in [-0.3, -0.25) is 14.2 Å². The molecule has 0 radical (unpaired) electrons. The minimum Gasteiger partial charge on any atom is -0.352 e. The van der Waals surface area contributed by atoms with Gasteiger partial charge in [-0.05, 0) is 12.5 Å². The van der Waals surface area contributed by atoms with Crippen molar-refractivity contribution in [3.8, 4) is 0 Å². The van der Waals surface area contributed by atoms with Crippen molar-refractivity contribution < 1.29 is 4.79 Å². The number of benzene rings is 1. The number of carbonyl (C=O) groups is 1. The van der Waals surface area contributed by atoms with E-state index in [0.717, 1.165) is 23.9 Å². The molecule has 0 saturated carbocycles. The zero-order valence-corrected chi connectivity index (χ0v) is 11.9. The summed E-state index contributed by atoms with van der Waals surface area (Å²) in [7, 11) is 1.79. The lowest BCUT2D eigenvalue weighted by atomic mass is 10.2. The number of hydrogen-bond donors (Lipinski definition) is 1. The van der Waals surface area contributed by atoms with Crippen LogP contribution < -0.4 is 5.32 Å². The van der Waals surface area contributed by atoms with E-state index >= 15 is 0 Å². The van der Waals surface area contributed by atoms with Crippen LogP contribution in [0.5, 0.6) is 0 Å². The van der Waals surface area contributed by atoms with Crippen LogP contribution in [0, 0.1) is 0 Å². The van der Waals surface area contributed by atoms with Gasteiger partial charge in [0.2, 0.25) is 0 Å². The number of amides is 1. The second-order valence-corrected chi connectivity index (χ2v) is 4.94. The highest BCUT2D eigenvalue weighted by Crippen LogP contribution is 2.12. The average Bonchev–Trinajstić information content (AvgIpc) is 3.10. The molecule has 1 aromatic carbocycles. The summed E-state index contributed by atoms with van der Waals surface area (Å²) in [5.41, 5.74) is 1.71. The second-order valence-electron chi connectivity index (χ2n) is 4.94. The molecule has 0 unspecified atom stereocenters. The van der Waals surface area contributed by atoms with Gasteiger partial charge in [-0.2, -0.15) is 10.2 Å². The number of carbonyl (C=O) groups excluding carboxylic acids is 1. The Labute approximate surface area is 122 Å². The van der Waals surface area contributed by atoms with Crippen molar-refractivity contribution >= 4 is 16.8 Å². The first-order valence-corrected chi connectivity index (χ1v) is 6.91. The Hall–Kier alpha value is -2.63. The van der Waals surface area contributed by atoms with Crippen molar-refractivity contribution in [2.75, 3.05) is 6.54 Å². The molecule has 1 amide bonds. The van der Waals surface area contributed by atoms with Crippen LogP contribution in [0.25, 0.3) is 10.9 Å². The first-order valence-electron chi connectivity index (χ1n) is 6.91. The number of rotatable bonds is 5. The van der Waals surface area contributed by atoms with Crippen LogP contribution >= 0.6 is 0 Å². The molecule has 2 heterocycles. The quantitative estimate of drug-likeness (QED) is 0.723. The van der Waals surface area contributed by atoms with Crippen LogP contribution in [0.1, 0.15) is 16.8 Å². The molecule has 2 aromatic heterocycles. The lowest BCUT2D eigenvalue weighted by Gasteiger charge is -2.05. The Morgan fingerprint density at radius 3 is 2.90 bits per heavy atom. The van der Waals surface area contributed by atoms with Crippen molar-refractivity contribution in [1.29, 1.82) is 0 Å². The number of nitrogens with one attached hydrogen (secondary N) is 1. The summed E-state index contributed by atoms with van der Waals surface area (Å²) in [5.74, 6) is -0.0894. The van der Waals surface area contributed by atoms with Crippen LogP contribution in [-0.2, 0) is 13.6 Å². The molecule has 6 heteroatoms. The highest BCUT2D eigenvalue weighted by atomic mass is 16.1. The molecule has 0 aliphatic rings. The maximum absolute atomic E-state index is 11.8. The predicted octanol–water partition coefficient (Wildman–Crippen LogP) is 1.59. The van der Waals surface area contributed by atoms with Gasteiger partial charge in [-0.25, -0.2) is 0 Å². The van der Waals surface area contributed by atoms with Gasteiger partial charge in [0.05, 0.1) is 23.5 Å². The summed E-state index contributed by atoms with van der Waals surface area (Å²) in [4.78, 5) is 11.8. The van der Waals surface area contributed by atoms with E-state index in [9.17, 15) is 4.79 Å². The zero-order chi connectivity index (χ0) is 14.7. The van der Waals surface area contributed by atoms with Gasteiger partial charge in [-0.1, -0.05) is 18.2 Å². The summed E-state index contributed by atoms with van der Waals surface area (Å²) in [5, 5.41) is 12.4. The lowest BCUT2D eigenvalue weighted by molar-refractivity contribution is 0.0952. The van der Waals surface area contributed by atoms with Crippen LogP contribution in [0.2, 0.25) is 0 Å². The summed E-state index contributed by atoms with van der Waals surface area (Å²) in [6, 6.07) is 8.10. The number of hydrogen-bond acceptors (Lipinski definition) is 3. The Morgan fingerprint density at radius 1 is 1.24 bits per heavy atom. The molecule has 0 fully saturated rings. The monoisotopic (exact) mass is 283 g/mol. The molecule has 0 aliphatic heterocycles. The fourth-order valence-corrected chi connectivity index (χ4v) is 2.28. The Balaban J connectivity index is 1.51. The van der Waals surface area contributed by atoms with Crippen LogP contribution in [0.15, 0.2) is 42.9 Å². The molecule has 0 aliphatic carbocycles. The van der Waals surface area contributed by atoms with Crippen molar-refractivity contribution in [3.05, 3.63) is 48.4 Å². The molecule has 3 aromatic rings. The number of nitrogens with zero attached hydrogens (tertiary/aromatic N) is 4. The van der Waals surface area contributed by atoms with Gasteiger partial charge in [0.25, 0.3) is 5.91 Å². The highest BCUT2D eigenvalue weighted by molar-refractivity contribution is 5.93. The van der Waals surface area contributed by atoms with E-state index in [1.165, 1.54) is 0 Å². The third-order valence-electron chi connectivity index (χ3n) is 3.35. The summed E-state index contributed by atoms with van der Waals surface area (Å²) < 4.78 is 3.58. The lowest BCUT2D eigenvalue weighted by Crippen LogP contribution is -2.25. The molecule has 1 N–H and O–H groups in total. The topological polar surface area (TPSA) is 64.7 Å². The van der Waals surface area contributed by atoms with E-state index in [4.69, 9.17) is 0 Å². The van der Waals surface area contributed by atoms with E-state index < -0.39 is 0 Å². The van der Waals surface area contributed by atoms with E-state index in [2.05, 4.69) is 21.6 Å². The summed E-state index contributed by atoms with van der Waals surface area (Å²) in [6.45, 7) is 1.39. The van der Waals surface area contributed by atoms with E-state index in [1.54, 1.807) is 24.1 Å². The summed E-state index contributed by atoms with van der Waals surface area (Å²) >= 11 is 0. The number of aryl methyl sites for hydroxylation is 2. The van der Waals surface area contributed by atoms with Crippen molar-refractivity contribution in [2.45, 2.75) is 13.0 Å². The fourth-order valence-electron chi connectivity index (χ4n) is 2.28. The second kappa shape index (κ2) is 5.78.